The lowest BCUT2D eigenvalue weighted by Gasteiger charge is -2.15. The Morgan fingerprint density at radius 2 is 2.12 bits per heavy atom. The van der Waals surface area contributed by atoms with Gasteiger partial charge in [0.1, 0.15) is 5.56 Å². The first kappa shape index (κ1) is 13.5. The molecule has 0 aliphatic rings. The maximum atomic E-state index is 12.0. The summed E-state index contributed by atoms with van der Waals surface area (Å²) in [5, 5.41) is 8.91. The van der Waals surface area contributed by atoms with Crippen molar-refractivity contribution in [1.82, 2.24) is 4.57 Å². The van der Waals surface area contributed by atoms with Crippen molar-refractivity contribution in [2.75, 3.05) is 0 Å². The van der Waals surface area contributed by atoms with Gasteiger partial charge in [-0.05, 0) is 31.4 Å². The second kappa shape index (κ2) is 5.66. The van der Waals surface area contributed by atoms with Gasteiger partial charge in [0.2, 0.25) is 0 Å². The summed E-state index contributed by atoms with van der Waals surface area (Å²) >= 11 is 0. The lowest BCUT2D eigenvalue weighted by molar-refractivity contribution is 0.0694. The van der Waals surface area contributed by atoms with Crippen molar-refractivity contribution >= 4 is 5.97 Å². The monoisotopic (exact) mass is 237 g/mol. The first-order valence-electron chi connectivity index (χ1n) is 5.91. The van der Waals surface area contributed by atoms with E-state index in [1.54, 1.807) is 10.6 Å². The number of aromatic nitrogens is 1. The standard InChI is InChI=1S/C13H19NO3/c1-4-5-9(2)8-14-10(3)6-7-11(12(14)15)13(16)17/h6-7,9H,4-5,8H2,1-3H3,(H,16,17). The average Bonchev–Trinajstić information content (AvgIpc) is 2.24. The van der Waals surface area contributed by atoms with Crippen LogP contribution in [0.4, 0.5) is 0 Å². The maximum Gasteiger partial charge on any atom is 0.341 e. The molecule has 0 saturated heterocycles. The van der Waals surface area contributed by atoms with Gasteiger partial charge in [0.05, 0.1) is 0 Å². The third-order valence-electron chi connectivity index (χ3n) is 2.90. The molecule has 1 rings (SSSR count). The molecule has 1 heterocycles. The number of carboxylic acids is 1. The van der Waals surface area contributed by atoms with Crippen LogP contribution < -0.4 is 5.56 Å². The zero-order valence-corrected chi connectivity index (χ0v) is 10.6. The number of aryl methyl sites for hydroxylation is 1. The van der Waals surface area contributed by atoms with E-state index < -0.39 is 11.5 Å². The van der Waals surface area contributed by atoms with E-state index in [1.165, 1.54) is 6.07 Å². The quantitative estimate of drug-likeness (QED) is 0.854. The van der Waals surface area contributed by atoms with Gasteiger partial charge in [-0.3, -0.25) is 4.79 Å². The SMILES string of the molecule is CCCC(C)Cn1c(C)ccc(C(=O)O)c1=O. The first-order chi connectivity index (χ1) is 7.97. The molecular weight excluding hydrogens is 218 g/mol. The summed E-state index contributed by atoms with van der Waals surface area (Å²) < 4.78 is 1.56. The summed E-state index contributed by atoms with van der Waals surface area (Å²) in [6.07, 6.45) is 2.09. The average molecular weight is 237 g/mol. The molecule has 1 N–H and O–H groups in total. The fraction of sp³-hybridized carbons (Fsp3) is 0.538. The zero-order valence-electron chi connectivity index (χ0n) is 10.6. The molecule has 0 saturated carbocycles. The minimum Gasteiger partial charge on any atom is -0.477 e. The van der Waals surface area contributed by atoms with Gasteiger partial charge >= 0.3 is 5.97 Å². The number of carboxylic acid groups (broad SMARTS) is 1. The fourth-order valence-electron chi connectivity index (χ4n) is 1.96. The first-order valence-corrected chi connectivity index (χ1v) is 5.91. The molecule has 94 valence electrons. The smallest absolute Gasteiger partial charge is 0.341 e. The van der Waals surface area contributed by atoms with Crippen molar-refractivity contribution in [2.24, 2.45) is 5.92 Å². The van der Waals surface area contributed by atoms with Crippen LogP contribution in [-0.4, -0.2) is 15.6 Å². The van der Waals surface area contributed by atoms with Crippen LogP contribution in [0.1, 0.15) is 42.7 Å². The Kier molecular flexibility index (Phi) is 4.49. The molecule has 17 heavy (non-hydrogen) atoms. The normalized spacial score (nSPS) is 12.4. The Labute approximate surface area is 101 Å². The highest BCUT2D eigenvalue weighted by molar-refractivity contribution is 5.87. The van der Waals surface area contributed by atoms with E-state index in [1.807, 2.05) is 6.92 Å². The van der Waals surface area contributed by atoms with Crippen LogP contribution in [0.5, 0.6) is 0 Å². The van der Waals surface area contributed by atoms with Gasteiger partial charge in [0.15, 0.2) is 0 Å². The molecule has 0 fully saturated rings. The van der Waals surface area contributed by atoms with E-state index in [0.717, 1.165) is 18.5 Å². The predicted molar refractivity (Wildman–Crippen MR) is 66.5 cm³/mol. The van der Waals surface area contributed by atoms with E-state index in [9.17, 15) is 9.59 Å². The zero-order chi connectivity index (χ0) is 13.0. The van der Waals surface area contributed by atoms with Gasteiger partial charge in [-0.15, -0.1) is 0 Å². The van der Waals surface area contributed by atoms with Crippen molar-refractivity contribution in [3.05, 3.63) is 33.7 Å². The van der Waals surface area contributed by atoms with Crippen LogP contribution >= 0.6 is 0 Å². The summed E-state index contributed by atoms with van der Waals surface area (Å²) in [6, 6.07) is 3.06. The number of pyridine rings is 1. The molecule has 1 aromatic heterocycles. The summed E-state index contributed by atoms with van der Waals surface area (Å²) in [5.41, 5.74) is 0.253. The molecule has 0 spiro atoms. The number of carbonyl (C=O) groups is 1. The molecule has 4 heteroatoms. The second-order valence-electron chi connectivity index (χ2n) is 4.50. The highest BCUT2D eigenvalue weighted by atomic mass is 16.4. The summed E-state index contributed by atoms with van der Waals surface area (Å²) in [6.45, 7) is 6.58. The molecule has 0 amide bonds. The Morgan fingerprint density at radius 1 is 1.47 bits per heavy atom. The van der Waals surface area contributed by atoms with E-state index in [2.05, 4.69) is 13.8 Å². The van der Waals surface area contributed by atoms with Gasteiger partial charge in [0, 0.05) is 12.2 Å². The third-order valence-corrected chi connectivity index (χ3v) is 2.90. The topological polar surface area (TPSA) is 59.3 Å². The highest BCUT2D eigenvalue weighted by Crippen LogP contribution is 2.09. The molecule has 1 atom stereocenters. The lowest BCUT2D eigenvalue weighted by atomic mass is 10.1. The molecule has 1 aromatic rings. The van der Waals surface area contributed by atoms with Crippen LogP contribution in [0.2, 0.25) is 0 Å². The molecule has 1 unspecified atom stereocenters. The fourth-order valence-corrected chi connectivity index (χ4v) is 1.96. The molecule has 0 radical (unpaired) electrons. The van der Waals surface area contributed by atoms with Gasteiger partial charge in [-0.2, -0.15) is 0 Å². The van der Waals surface area contributed by atoms with E-state index in [4.69, 9.17) is 5.11 Å². The van der Waals surface area contributed by atoms with E-state index >= 15 is 0 Å². The summed E-state index contributed by atoms with van der Waals surface area (Å²) in [7, 11) is 0. The molecule has 0 bridgehead atoms. The van der Waals surface area contributed by atoms with Crippen molar-refractivity contribution in [1.29, 1.82) is 0 Å². The van der Waals surface area contributed by atoms with Crippen molar-refractivity contribution in [3.8, 4) is 0 Å². The van der Waals surface area contributed by atoms with Gasteiger partial charge in [-0.25, -0.2) is 4.79 Å². The number of rotatable bonds is 5. The Morgan fingerprint density at radius 3 is 2.65 bits per heavy atom. The number of aromatic carboxylic acids is 1. The summed E-state index contributed by atoms with van der Waals surface area (Å²) in [5.74, 6) is -0.785. The van der Waals surface area contributed by atoms with Crippen LogP contribution in [0.25, 0.3) is 0 Å². The third kappa shape index (κ3) is 3.19. The minimum absolute atomic E-state index is 0.153. The minimum atomic E-state index is -1.16. The van der Waals surface area contributed by atoms with Crippen molar-refractivity contribution in [2.45, 2.75) is 40.2 Å². The molecular formula is C13H19NO3. The molecule has 4 nitrogen and oxygen atoms in total. The van der Waals surface area contributed by atoms with Gasteiger partial charge < -0.3 is 9.67 Å². The number of hydrogen-bond acceptors (Lipinski definition) is 2. The van der Waals surface area contributed by atoms with Crippen LogP contribution in [0.3, 0.4) is 0 Å². The summed E-state index contributed by atoms with van der Waals surface area (Å²) in [4.78, 5) is 22.8. The Hall–Kier alpha value is -1.58. The van der Waals surface area contributed by atoms with Gasteiger partial charge in [0.25, 0.3) is 5.56 Å². The number of nitrogens with zero attached hydrogens (tertiary/aromatic N) is 1. The molecule has 0 aliphatic carbocycles. The lowest BCUT2D eigenvalue weighted by Crippen LogP contribution is -2.29. The van der Waals surface area contributed by atoms with E-state index in [0.29, 0.717) is 12.5 Å². The van der Waals surface area contributed by atoms with E-state index in [-0.39, 0.29) is 5.56 Å². The van der Waals surface area contributed by atoms with Crippen LogP contribution in [-0.2, 0) is 6.54 Å². The second-order valence-corrected chi connectivity index (χ2v) is 4.50. The van der Waals surface area contributed by atoms with Crippen LogP contribution in [0, 0.1) is 12.8 Å². The predicted octanol–water partition coefficient (Wildman–Crippen LogP) is 2.29. The van der Waals surface area contributed by atoms with Crippen molar-refractivity contribution < 1.29 is 9.90 Å². The molecule has 0 aliphatic heterocycles. The van der Waals surface area contributed by atoms with Gasteiger partial charge in [-0.1, -0.05) is 20.3 Å². The largest absolute Gasteiger partial charge is 0.477 e. The number of hydrogen-bond donors (Lipinski definition) is 1. The maximum absolute atomic E-state index is 12.0. The van der Waals surface area contributed by atoms with Crippen molar-refractivity contribution in [3.63, 3.8) is 0 Å². The highest BCUT2D eigenvalue weighted by Gasteiger charge is 2.13. The molecule has 0 aromatic carbocycles. The van der Waals surface area contributed by atoms with Crippen LogP contribution in [0.15, 0.2) is 16.9 Å². The Balaban J connectivity index is 3.10. The Bertz CT molecular complexity index is 462.